The summed E-state index contributed by atoms with van der Waals surface area (Å²) in [6.07, 6.45) is 0.691. The lowest BCUT2D eigenvalue weighted by Gasteiger charge is -2.54. The molecule has 202 valence electrons. The first-order valence-corrected chi connectivity index (χ1v) is 12.6. The molecule has 0 saturated carbocycles. The predicted octanol–water partition coefficient (Wildman–Crippen LogP) is 4.25. The van der Waals surface area contributed by atoms with E-state index < -0.39 is 29.7 Å². The number of anilines is 1. The molecule has 2 aliphatic rings. The minimum absolute atomic E-state index is 0.0140. The normalized spacial score (nSPS) is 17.8. The van der Waals surface area contributed by atoms with Crippen LogP contribution in [0, 0.1) is 5.82 Å². The maximum atomic E-state index is 15.8. The van der Waals surface area contributed by atoms with E-state index in [0.29, 0.717) is 11.3 Å². The third-order valence-corrected chi connectivity index (χ3v) is 6.96. The van der Waals surface area contributed by atoms with Gasteiger partial charge in [-0.25, -0.2) is 8.78 Å². The summed E-state index contributed by atoms with van der Waals surface area (Å²) < 4.78 is 60.3. The van der Waals surface area contributed by atoms with Crippen molar-refractivity contribution in [2.45, 2.75) is 44.4 Å². The van der Waals surface area contributed by atoms with Gasteiger partial charge in [0.1, 0.15) is 5.82 Å². The van der Waals surface area contributed by atoms with Gasteiger partial charge in [-0.05, 0) is 43.3 Å². The Labute approximate surface area is 217 Å². The van der Waals surface area contributed by atoms with Gasteiger partial charge in [-0.1, -0.05) is 19.4 Å². The van der Waals surface area contributed by atoms with Gasteiger partial charge in [0.05, 0.1) is 17.8 Å². The Morgan fingerprint density at radius 1 is 1.21 bits per heavy atom. The number of rotatable bonds is 10. The van der Waals surface area contributed by atoms with Crippen molar-refractivity contribution in [2.75, 3.05) is 37.6 Å². The number of aromatic nitrogens is 3. The van der Waals surface area contributed by atoms with Crippen LogP contribution in [0.25, 0.3) is 11.5 Å². The first-order chi connectivity index (χ1) is 18.3. The van der Waals surface area contributed by atoms with Crippen LogP contribution in [0.1, 0.15) is 37.8 Å². The lowest BCUT2D eigenvalue weighted by atomic mass is 9.90. The van der Waals surface area contributed by atoms with Crippen LogP contribution in [0.3, 0.4) is 0 Å². The number of carbonyl (C=O) groups is 1. The molecule has 8 nitrogen and oxygen atoms in total. The summed E-state index contributed by atoms with van der Waals surface area (Å²) in [6, 6.07) is 8.71. The van der Waals surface area contributed by atoms with Gasteiger partial charge in [0.15, 0.2) is 0 Å². The molecule has 1 amide bonds. The molecule has 38 heavy (non-hydrogen) atoms. The molecule has 12 heteroatoms. The maximum Gasteiger partial charge on any atom is 0.314 e. The van der Waals surface area contributed by atoms with Crippen molar-refractivity contribution in [3.05, 3.63) is 60.0 Å². The average molecular weight is 533 g/mol. The van der Waals surface area contributed by atoms with Gasteiger partial charge in [0, 0.05) is 44.1 Å². The molecule has 0 bridgehead atoms. The fourth-order valence-electron chi connectivity index (χ4n) is 4.74. The Balaban J connectivity index is 1.28. The Morgan fingerprint density at radius 2 is 2.00 bits per heavy atom. The van der Waals surface area contributed by atoms with Crippen molar-refractivity contribution in [3.8, 4) is 11.5 Å². The van der Waals surface area contributed by atoms with E-state index in [0.717, 1.165) is 32.5 Å². The fourth-order valence-corrected chi connectivity index (χ4v) is 4.74. The quantitative estimate of drug-likeness (QED) is 0.361. The molecule has 4 heterocycles. The first kappa shape index (κ1) is 26.2. The average Bonchev–Trinajstić information content (AvgIpc) is 3.36. The summed E-state index contributed by atoms with van der Waals surface area (Å²) in [5.41, 5.74) is -1.19. The predicted molar refractivity (Wildman–Crippen MR) is 131 cm³/mol. The van der Waals surface area contributed by atoms with Crippen LogP contribution in [-0.4, -0.2) is 75.3 Å². The summed E-state index contributed by atoms with van der Waals surface area (Å²) in [7, 11) is 0. The first-order valence-electron chi connectivity index (χ1n) is 12.6. The molecule has 0 spiro atoms. The van der Waals surface area contributed by atoms with Crippen LogP contribution in [-0.2, 0) is 11.3 Å². The van der Waals surface area contributed by atoms with E-state index in [-0.39, 0.29) is 37.3 Å². The highest BCUT2D eigenvalue weighted by Crippen LogP contribution is 2.34. The number of amides is 1. The Morgan fingerprint density at radius 3 is 2.63 bits per heavy atom. The minimum atomic E-state index is -2.89. The van der Waals surface area contributed by atoms with Gasteiger partial charge in [-0.15, -0.1) is 10.2 Å². The second-order valence-electron chi connectivity index (χ2n) is 9.79. The number of likely N-dealkylation sites (tertiary alicyclic amines) is 2. The standard InChI is InChI=1S/C26H28F4N6O2/c1-2-3-9-34-13-21(14-34)35-15-26(30,16-35)25(37)36(20-6-4-5-18(27)10-20)12-19-8-7-17(11-31-19)23-32-33-24(38-23)22(28)29/h4-8,10-11,21-22H,2-3,9,12-16H2,1H3. The summed E-state index contributed by atoms with van der Waals surface area (Å²) in [5, 5.41) is 6.88. The number of unbranched alkanes of at least 4 members (excludes halogenated alkanes) is 1. The molecule has 0 N–H and O–H groups in total. The van der Waals surface area contributed by atoms with Crippen LogP contribution in [0.5, 0.6) is 0 Å². The molecule has 2 saturated heterocycles. The maximum absolute atomic E-state index is 15.8. The third kappa shape index (κ3) is 5.41. The van der Waals surface area contributed by atoms with Gasteiger partial charge in [-0.2, -0.15) is 8.78 Å². The van der Waals surface area contributed by atoms with Crippen LogP contribution in [0.15, 0.2) is 47.0 Å². The molecule has 5 rings (SSSR count). The highest BCUT2D eigenvalue weighted by molar-refractivity contribution is 6.00. The third-order valence-electron chi connectivity index (χ3n) is 6.96. The number of alkyl halides is 3. The van der Waals surface area contributed by atoms with Crippen molar-refractivity contribution < 1.29 is 26.8 Å². The summed E-state index contributed by atoms with van der Waals surface area (Å²) in [4.78, 5) is 23.2. The van der Waals surface area contributed by atoms with E-state index in [1.807, 2.05) is 4.90 Å². The van der Waals surface area contributed by atoms with Gasteiger partial charge in [0.2, 0.25) is 11.6 Å². The van der Waals surface area contributed by atoms with Gasteiger partial charge >= 0.3 is 6.43 Å². The Hall–Kier alpha value is -3.38. The van der Waals surface area contributed by atoms with Crippen molar-refractivity contribution in [3.63, 3.8) is 0 Å². The SMILES string of the molecule is CCCCN1CC(N2CC(F)(C(=O)N(Cc3ccc(-c4nnc(C(F)F)o4)cn3)c3cccc(F)c3)C2)C1. The van der Waals surface area contributed by atoms with Gasteiger partial charge in [-0.3, -0.25) is 14.7 Å². The number of nitrogens with zero attached hydrogens (tertiary/aromatic N) is 6. The molecule has 3 aromatic rings. The van der Waals surface area contributed by atoms with E-state index in [1.54, 1.807) is 6.07 Å². The van der Waals surface area contributed by atoms with Crippen molar-refractivity contribution in [1.29, 1.82) is 0 Å². The summed E-state index contributed by atoms with van der Waals surface area (Å²) in [6.45, 7) is 4.76. The zero-order valence-corrected chi connectivity index (χ0v) is 20.9. The number of halogens is 4. The molecule has 2 aliphatic heterocycles. The molecule has 0 unspecified atom stereocenters. The molecule has 2 aromatic heterocycles. The van der Waals surface area contributed by atoms with Crippen molar-refractivity contribution in [2.24, 2.45) is 0 Å². The molecule has 0 atom stereocenters. The van der Waals surface area contributed by atoms with E-state index in [9.17, 15) is 18.0 Å². The number of carbonyl (C=O) groups excluding carboxylic acids is 1. The molecule has 0 aliphatic carbocycles. The topological polar surface area (TPSA) is 78.6 Å². The van der Waals surface area contributed by atoms with E-state index >= 15 is 4.39 Å². The number of hydrogen-bond donors (Lipinski definition) is 0. The smallest absolute Gasteiger partial charge is 0.314 e. The monoisotopic (exact) mass is 532 g/mol. The molecular formula is C26H28F4N6O2. The highest BCUT2D eigenvalue weighted by atomic mass is 19.3. The minimum Gasteiger partial charge on any atom is -0.415 e. The summed E-state index contributed by atoms with van der Waals surface area (Å²) in [5.74, 6) is -2.24. The van der Waals surface area contributed by atoms with Crippen molar-refractivity contribution >= 4 is 11.6 Å². The lowest BCUT2D eigenvalue weighted by Crippen LogP contribution is -2.73. The Kier molecular flexibility index (Phi) is 7.44. The van der Waals surface area contributed by atoms with Crippen LogP contribution in [0.4, 0.5) is 23.2 Å². The molecule has 0 radical (unpaired) electrons. The molecule has 1 aromatic carbocycles. The van der Waals surface area contributed by atoms with Crippen LogP contribution >= 0.6 is 0 Å². The zero-order valence-electron chi connectivity index (χ0n) is 20.9. The van der Waals surface area contributed by atoms with E-state index in [4.69, 9.17) is 4.42 Å². The second-order valence-corrected chi connectivity index (χ2v) is 9.79. The van der Waals surface area contributed by atoms with Gasteiger partial charge < -0.3 is 14.2 Å². The van der Waals surface area contributed by atoms with Crippen LogP contribution < -0.4 is 4.90 Å². The zero-order chi connectivity index (χ0) is 26.9. The number of hydrogen-bond acceptors (Lipinski definition) is 7. The highest BCUT2D eigenvalue weighted by Gasteiger charge is 2.55. The van der Waals surface area contributed by atoms with Crippen molar-refractivity contribution in [1.82, 2.24) is 25.0 Å². The summed E-state index contributed by atoms with van der Waals surface area (Å²) >= 11 is 0. The van der Waals surface area contributed by atoms with Crippen LogP contribution in [0.2, 0.25) is 0 Å². The number of pyridine rings is 1. The number of benzene rings is 1. The molecular weight excluding hydrogens is 504 g/mol. The van der Waals surface area contributed by atoms with E-state index in [1.165, 1.54) is 41.4 Å². The molecule has 2 fully saturated rings. The van der Waals surface area contributed by atoms with Gasteiger partial charge in [0.25, 0.3) is 11.8 Å². The second kappa shape index (κ2) is 10.8. The fraction of sp³-hybridized carbons (Fsp3) is 0.462. The largest absolute Gasteiger partial charge is 0.415 e. The lowest BCUT2D eigenvalue weighted by molar-refractivity contribution is -0.150. The van der Waals surface area contributed by atoms with E-state index in [2.05, 4.69) is 27.0 Å². The Bertz CT molecular complexity index is 1260.